The molecule has 0 fully saturated rings. The molecular formula is C20H37N3O. The number of amides is 1. The second kappa shape index (κ2) is 15.2. The number of carbonyl (C=O) groups excluding carboxylic acids is 1. The smallest absolute Gasteiger partial charge is 0.220 e. The Morgan fingerprint density at radius 3 is 2.08 bits per heavy atom. The van der Waals surface area contributed by atoms with E-state index in [1.54, 1.807) is 12.5 Å². The fourth-order valence-corrected chi connectivity index (χ4v) is 2.97. The second-order valence-corrected chi connectivity index (χ2v) is 6.82. The summed E-state index contributed by atoms with van der Waals surface area (Å²) in [5.41, 5.74) is 1.07. The van der Waals surface area contributed by atoms with Gasteiger partial charge in [0.05, 0.1) is 6.33 Å². The van der Waals surface area contributed by atoms with Gasteiger partial charge in [-0.3, -0.25) is 4.79 Å². The zero-order chi connectivity index (χ0) is 17.3. The molecular weight excluding hydrogens is 298 g/mol. The number of hydrogen-bond acceptors (Lipinski definition) is 2. The predicted molar refractivity (Wildman–Crippen MR) is 101 cm³/mol. The Kier molecular flexibility index (Phi) is 13.1. The summed E-state index contributed by atoms with van der Waals surface area (Å²) in [6.07, 6.45) is 20.9. The molecule has 24 heavy (non-hydrogen) atoms. The van der Waals surface area contributed by atoms with Crippen molar-refractivity contribution in [2.75, 3.05) is 6.54 Å². The van der Waals surface area contributed by atoms with Crippen molar-refractivity contribution in [3.8, 4) is 0 Å². The Bertz CT molecular complexity index is 390. The molecule has 0 radical (unpaired) electrons. The van der Waals surface area contributed by atoms with E-state index in [0.29, 0.717) is 13.0 Å². The summed E-state index contributed by atoms with van der Waals surface area (Å²) < 4.78 is 0. The quantitative estimate of drug-likeness (QED) is 0.410. The SMILES string of the molecule is CCCCCCCCCCCCCCC(=O)NCCc1cnc[nH]1. The van der Waals surface area contributed by atoms with Crippen LogP contribution in [0.1, 0.15) is 96.1 Å². The van der Waals surface area contributed by atoms with Crippen LogP contribution >= 0.6 is 0 Å². The molecule has 4 heteroatoms. The number of nitrogens with one attached hydrogen (secondary N) is 2. The first kappa shape index (κ1) is 20.7. The summed E-state index contributed by atoms with van der Waals surface area (Å²) in [5, 5.41) is 2.97. The summed E-state index contributed by atoms with van der Waals surface area (Å²) in [6, 6.07) is 0. The number of nitrogens with zero attached hydrogens (tertiary/aromatic N) is 1. The number of rotatable bonds is 16. The summed E-state index contributed by atoms with van der Waals surface area (Å²) in [4.78, 5) is 18.7. The van der Waals surface area contributed by atoms with Crippen LogP contribution < -0.4 is 5.32 Å². The fourth-order valence-electron chi connectivity index (χ4n) is 2.97. The number of aromatic amines is 1. The molecule has 1 aromatic rings. The zero-order valence-electron chi connectivity index (χ0n) is 15.6. The highest BCUT2D eigenvalue weighted by molar-refractivity contribution is 5.75. The van der Waals surface area contributed by atoms with Gasteiger partial charge in [0, 0.05) is 31.3 Å². The van der Waals surface area contributed by atoms with E-state index in [-0.39, 0.29) is 5.91 Å². The van der Waals surface area contributed by atoms with Gasteiger partial charge in [-0.25, -0.2) is 4.98 Å². The molecule has 2 N–H and O–H groups in total. The lowest BCUT2D eigenvalue weighted by molar-refractivity contribution is -0.121. The van der Waals surface area contributed by atoms with Gasteiger partial charge in [-0.05, 0) is 6.42 Å². The third kappa shape index (κ3) is 12.1. The Balaban J connectivity index is 1.77. The van der Waals surface area contributed by atoms with Gasteiger partial charge >= 0.3 is 0 Å². The van der Waals surface area contributed by atoms with Crippen LogP contribution in [0.5, 0.6) is 0 Å². The van der Waals surface area contributed by atoms with Gasteiger partial charge in [0.2, 0.25) is 5.91 Å². The van der Waals surface area contributed by atoms with Gasteiger partial charge in [0.15, 0.2) is 0 Å². The largest absolute Gasteiger partial charge is 0.356 e. The number of unbranched alkanes of at least 4 members (excludes halogenated alkanes) is 11. The van der Waals surface area contributed by atoms with Crippen molar-refractivity contribution < 1.29 is 4.79 Å². The first-order valence-electron chi connectivity index (χ1n) is 10.1. The first-order valence-corrected chi connectivity index (χ1v) is 10.1. The summed E-state index contributed by atoms with van der Waals surface area (Å²) in [6.45, 7) is 2.96. The zero-order valence-corrected chi connectivity index (χ0v) is 15.6. The Hall–Kier alpha value is -1.32. The van der Waals surface area contributed by atoms with Crippen LogP contribution in [0.4, 0.5) is 0 Å². The van der Waals surface area contributed by atoms with Crippen molar-refractivity contribution in [2.24, 2.45) is 0 Å². The van der Waals surface area contributed by atoms with Gasteiger partial charge < -0.3 is 10.3 Å². The van der Waals surface area contributed by atoms with Gasteiger partial charge in [-0.15, -0.1) is 0 Å². The minimum atomic E-state index is 0.182. The molecule has 0 saturated heterocycles. The lowest BCUT2D eigenvalue weighted by Gasteiger charge is -2.05. The third-order valence-electron chi connectivity index (χ3n) is 4.53. The van der Waals surface area contributed by atoms with E-state index in [9.17, 15) is 4.79 Å². The highest BCUT2D eigenvalue weighted by Gasteiger charge is 2.01. The first-order chi connectivity index (χ1) is 11.8. The lowest BCUT2D eigenvalue weighted by Crippen LogP contribution is -2.25. The topological polar surface area (TPSA) is 57.8 Å². The molecule has 4 nitrogen and oxygen atoms in total. The molecule has 0 spiro atoms. The Morgan fingerprint density at radius 2 is 1.54 bits per heavy atom. The predicted octanol–water partition coefficient (Wildman–Crippen LogP) is 5.16. The third-order valence-corrected chi connectivity index (χ3v) is 4.53. The fraction of sp³-hybridized carbons (Fsp3) is 0.800. The minimum absolute atomic E-state index is 0.182. The van der Waals surface area contributed by atoms with Crippen molar-refractivity contribution in [1.29, 1.82) is 0 Å². The highest BCUT2D eigenvalue weighted by Crippen LogP contribution is 2.12. The molecule has 138 valence electrons. The van der Waals surface area contributed by atoms with Crippen molar-refractivity contribution in [1.82, 2.24) is 15.3 Å². The van der Waals surface area contributed by atoms with Gasteiger partial charge in [-0.2, -0.15) is 0 Å². The average Bonchev–Trinajstić information content (AvgIpc) is 3.09. The molecule has 0 aliphatic rings. The molecule has 0 atom stereocenters. The summed E-state index contributed by atoms with van der Waals surface area (Å²) >= 11 is 0. The van der Waals surface area contributed by atoms with E-state index >= 15 is 0 Å². The van der Waals surface area contributed by atoms with Crippen LogP contribution in [0, 0.1) is 0 Å². The van der Waals surface area contributed by atoms with Crippen molar-refractivity contribution in [3.63, 3.8) is 0 Å². The van der Waals surface area contributed by atoms with Gasteiger partial charge in [0.1, 0.15) is 0 Å². The molecule has 0 saturated carbocycles. The van der Waals surface area contributed by atoms with E-state index in [2.05, 4.69) is 22.2 Å². The van der Waals surface area contributed by atoms with E-state index in [1.807, 2.05) is 0 Å². The van der Waals surface area contributed by atoms with E-state index in [1.165, 1.54) is 70.6 Å². The number of carbonyl (C=O) groups is 1. The van der Waals surface area contributed by atoms with Gasteiger partial charge in [0.25, 0.3) is 0 Å². The molecule has 1 aromatic heterocycles. The van der Waals surface area contributed by atoms with E-state index < -0.39 is 0 Å². The molecule has 1 rings (SSSR count). The standard InChI is InChI=1S/C20H37N3O/c1-2-3-4-5-6-7-8-9-10-11-12-13-14-20(24)22-16-15-19-17-21-18-23-19/h17-18H,2-16H2,1H3,(H,21,23)(H,22,24). The molecule has 0 bridgehead atoms. The maximum atomic E-state index is 11.7. The molecule has 0 aromatic carbocycles. The number of aromatic nitrogens is 2. The maximum Gasteiger partial charge on any atom is 0.220 e. The number of H-pyrrole nitrogens is 1. The highest BCUT2D eigenvalue weighted by atomic mass is 16.1. The van der Waals surface area contributed by atoms with E-state index in [4.69, 9.17) is 0 Å². The summed E-state index contributed by atoms with van der Waals surface area (Å²) in [5.74, 6) is 0.182. The molecule has 1 amide bonds. The van der Waals surface area contributed by atoms with Crippen molar-refractivity contribution >= 4 is 5.91 Å². The minimum Gasteiger partial charge on any atom is -0.356 e. The van der Waals surface area contributed by atoms with Crippen LogP contribution in [0.15, 0.2) is 12.5 Å². The van der Waals surface area contributed by atoms with Crippen molar-refractivity contribution in [3.05, 3.63) is 18.2 Å². The molecule has 0 aliphatic carbocycles. The van der Waals surface area contributed by atoms with Crippen LogP contribution in [0.3, 0.4) is 0 Å². The Morgan fingerprint density at radius 1 is 0.958 bits per heavy atom. The average molecular weight is 336 g/mol. The van der Waals surface area contributed by atoms with E-state index in [0.717, 1.165) is 18.5 Å². The van der Waals surface area contributed by atoms with Crippen LogP contribution in [-0.2, 0) is 11.2 Å². The molecule has 0 aliphatic heterocycles. The monoisotopic (exact) mass is 335 g/mol. The maximum absolute atomic E-state index is 11.7. The summed E-state index contributed by atoms with van der Waals surface area (Å²) in [7, 11) is 0. The number of hydrogen-bond donors (Lipinski definition) is 2. The molecule has 1 heterocycles. The van der Waals surface area contributed by atoms with Crippen LogP contribution in [0.2, 0.25) is 0 Å². The van der Waals surface area contributed by atoms with Crippen LogP contribution in [-0.4, -0.2) is 22.4 Å². The van der Waals surface area contributed by atoms with Gasteiger partial charge in [-0.1, -0.05) is 77.6 Å². The molecule has 0 unspecified atom stereocenters. The van der Waals surface area contributed by atoms with Crippen molar-refractivity contribution in [2.45, 2.75) is 96.8 Å². The Labute approximate surface area is 148 Å². The lowest BCUT2D eigenvalue weighted by atomic mass is 10.0. The second-order valence-electron chi connectivity index (χ2n) is 6.82. The normalized spacial score (nSPS) is 10.9. The van der Waals surface area contributed by atoms with Crippen LogP contribution in [0.25, 0.3) is 0 Å². The number of imidazole rings is 1.